The first-order valence-corrected chi connectivity index (χ1v) is 10.9. The van der Waals surface area contributed by atoms with Crippen molar-refractivity contribution in [3.8, 4) is 0 Å². The van der Waals surface area contributed by atoms with E-state index in [2.05, 4.69) is 16.3 Å². The predicted molar refractivity (Wildman–Crippen MR) is 118 cm³/mol. The van der Waals surface area contributed by atoms with E-state index in [9.17, 15) is 19.2 Å². The number of imide groups is 2. The topological polar surface area (TPSA) is 113 Å². The van der Waals surface area contributed by atoms with E-state index in [1.807, 2.05) is 24.3 Å². The lowest BCUT2D eigenvalue weighted by Gasteiger charge is -2.34. The summed E-state index contributed by atoms with van der Waals surface area (Å²) in [5, 5.41) is 2.22. The fourth-order valence-electron chi connectivity index (χ4n) is 4.94. The van der Waals surface area contributed by atoms with Crippen LogP contribution in [0.4, 0.5) is 11.4 Å². The number of fused-ring (bicyclic) bond motifs is 1. The monoisotopic (exact) mass is 432 g/mol. The summed E-state index contributed by atoms with van der Waals surface area (Å²) in [6.45, 7) is 1.66. The Balaban J connectivity index is 1.32. The Hall–Kier alpha value is -3.68. The molecule has 0 aromatic heterocycles. The van der Waals surface area contributed by atoms with Crippen molar-refractivity contribution in [3.05, 3.63) is 59.2 Å². The van der Waals surface area contributed by atoms with Gasteiger partial charge in [0.05, 0.1) is 11.1 Å². The van der Waals surface area contributed by atoms with Crippen molar-refractivity contribution < 1.29 is 19.2 Å². The zero-order valence-corrected chi connectivity index (χ0v) is 17.5. The molecular formula is C24H24N4O4. The average Bonchev–Trinajstić information content (AvgIpc) is 3.04. The Bertz CT molecular complexity index is 1140. The molecule has 32 heavy (non-hydrogen) atoms. The molecule has 0 saturated carbocycles. The first-order valence-electron chi connectivity index (χ1n) is 10.9. The third-order valence-electron chi connectivity index (χ3n) is 6.67. The van der Waals surface area contributed by atoms with Crippen molar-refractivity contribution >= 4 is 35.0 Å². The van der Waals surface area contributed by atoms with Gasteiger partial charge < -0.3 is 10.6 Å². The zero-order chi connectivity index (χ0) is 22.4. The van der Waals surface area contributed by atoms with E-state index < -0.39 is 23.8 Å². The van der Waals surface area contributed by atoms with Gasteiger partial charge in [0.25, 0.3) is 11.8 Å². The minimum absolute atomic E-state index is 0.108. The van der Waals surface area contributed by atoms with Gasteiger partial charge in [0.2, 0.25) is 11.8 Å². The van der Waals surface area contributed by atoms with Crippen LogP contribution in [0.5, 0.6) is 0 Å². The largest absolute Gasteiger partial charge is 0.399 e. The van der Waals surface area contributed by atoms with E-state index in [-0.39, 0.29) is 18.7 Å². The van der Waals surface area contributed by atoms with Gasteiger partial charge in [-0.2, -0.15) is 0 Å². The Morgan fingerprint density at radius 3 is 2.34 bits per heavy atom. The van der Waals surface area contributed by atoms with Crippen LogP contribution in [0.25, 0.3) is 0 Å². The van der Waals surface area contributed by atoms with Crippen LogP contribution in [-0.4, -0.2) is 47.7 Å². The third kappa shape index (κ3) is 3.41. The number of nitrogens with zero attached hydrogens (tertiary/aromatic N) is 2. The highest BCUT2D eigenvalue weighted by Crippen LogP contribution is 2.34. The zero-order valence-electron chi connectivity index (χ0n) is 17.5. The molecule has 8 heteroatoms. The maximum absolute atomic E-state index is 13.0. The lowest BCUT2D eigenvalue weighted by Crippen LogP contribution is -2.54. The molecule has 4 amide bonds. The van der Waals surface area contributed by atoms with E-state index in [0.717, 1.165) is 42.2 Å². The number of anilines is 2. The Labute approximate surface area is 185 Å². The van der Waals surface area contributed by atoms with Crippen molar-refractivity contribution in [2.45, 2.75) is 37.6 Å². The molecule has 3 aliphatic rings. The van der Waals surface area contributed by atoms with E-state index in [1.54, 1.807) is 12.1 Å². The number of amides is 4. The van der Waals surface area contributed by atoms with Crippen LogP contribution in [0.3, 0.4) is 0 Å². The SMILES string of the molecule is Nc1cccc(C2CCN(c3ccc4c(c3)C(=O)N(C3CCC(=O)NC3=O)C4=O)CC2)c1. The van der Waals surface area contributed by atoms with E-state index in [0.29, 0.717) is 17.0 Å². The lowest BCUT2D eigenvalue weighted by molar-refractivity contribution is -0.136. The minimum Gasteiger partial charge on any atom is -0.399 e. The van der Waals surface area contributed by atoms with E-state index >= 15 is 0 Å². The molecule has 1 atom stereocenters. The highest BCUT2D eigenvalue weighted by molar-refractivity contribution is 6.23. The number of hydrogen-bond donors (Lipinski definition) is 2. The third-order valence-corrected chi connectivity index (χ3v) is 6.67. The summed E-state index contributed by atoms with van der Waals surface area (Å²) in [6.07, 6.45) is 2.20. The minimum atomic E-state index is -0.947. The van der Waals surface area contributed by atoms with Crippen LogP contribution in [0.2, 0.25) is 0 Å². The van der Waals surface area contributed by atoms with E-state index in [1.165, 1.54) is 5.56 Å². The molecule has 8 nitrogen and oxygen atoms in total. The van der Waals surface area contributed by atoms with Gasteiger partial charge in [-0.1, -0.05) is 12.1 Å². The smallest absolute Gasteiger partial charge is 0.262 e. The quantitative estimate of drug-likeness (QED) is 0.567. The molecule has 3 heterocycles. The number of carbonyl (C=O) groups excluding carboxylic acids is 4. The first-order chi connectivity index (χ1) is 15.4. The van der Waals surface area contributed by atoms with Gasteiger partial charge in [-0.25, -0.2) is 0 Å². The second-order valence-corrected chi connectivity index (χ2v) is 8.61. The molecule has 2 aromatic carbocycles. The Kier molecular flexibility index (Phi) is 4.92. The van der Waals surface area contributed by atoms with Crippen LogP contribution in [0.15, 0.2) is 42.5 Å². The fraction of sp³-hybridized carbons (Fsp3) is 0.333. The number of rotatable bonds is 3. The summed E-state index contributed by atoms with van der Waals surface area (Å²) < 4.78 is 0. The van der Waals surface area contributed by atoms with Gasteiger partial charge in [0.15, 0.2) is 0 Å². The highest BCUT2D eigenvalue weighted by Gasteiger charge is 2.44. The van der Waals surface area contributed by atoms with Crippen molar-refractivity contribution in [3.63, 3.8) is 0 Å². The average molecular weight is 432 g/mol. The second-order valence-electron chi connectivity index (χ2n) is 8.61. The molecule has 164 valence electrons. The summed E-state index contributed by atoms with van der Waals surface area (Å²) in [5.74, 6) is -1.50. The summed E-state index contributed by atoms with van der Waals surface area (Å²) >= 11 is 0. The van der Waals surface area contributed by atoms with Crippen molar-refractivity contribution in [2.24, 2.45) is 0 Å². The molecule has 1 unspecified atom stereocenters. The first kappa shape index (κ1) is 20.2. The van der Waals surface area contributed by atoms with Gasteiger partial charge >= 0.3 is 0 Å². The van der Waals surface area contributed by atoms with Gasteiger partial charge in [-0.15, -0.1) is 0 Å². The summed E-state index contributed by atoms with van der Waals surface area (Å²) in [5.41, 5.74) is 9.45. The summed E-state index contributed by atoms with van der Waals surface area (Å²) in [4.78, 5) is 52.8. The van der Waals surface area contributed by atoms with Gasteiger partial charge in [-0.05, 0) is 61.1 Å². The summed E-state index contributed by atoms with van der Waals surface area (Å²) in [6, 6.07) is 12.3. The number of hydrogen-bond acceptors (Lipinski definition) is 6. The van der Waals surface area contributed by atoms with Crippen molar-refractivity contribution in [1.29, 1.82) is 0 Å². The fourth-order valence-corrected chi connectivity index (χ4v) is 4.94. The maximum atomic E-state index is 13.0. The van der Waals surface area contributed by atoms with Crippen LogP contribution >= 0.6 is 0 Å². The standard InChI is InChI=1S/C24H24N4O4/c25-16-3-1-2-15(12-16)14-8-10-27(11-9-14)17-4-5-18-19(13-17)24(32)28(23(18)31)20-6-7-21(29)26-22(20)30/h1-5,12-14,20H,6-11,25H2,(H,26,29,30). The molecule has 0 radical (unpaired) electrons. The molecule has 0 aliphatic carbocycles. The molecule has 0 bridgehead atoms. The van der Waals surface area contributed by atoms with Crippen LogP contribution in [0.1, 0.15) is 57.9 Å². The number of carbonyl (C=O) groups is 4. The van der Waals surface area contributed by atoms with Gasteiger partial charge in [0, 0.05) is 30.9 Å². The molecule has 3 aliphatic heterocycles. The number of nitrogens with two attached hydrogens (primary N) is 1. The molecular weight excluding hydrogens is 408 g/mol. The number of nitrogen functional groups attached to an aromatic ring is 1. The Morgan fingerprint density at radius 2 is 1.62 bits per heavy atom. The van der Waals surface area contributed by atoms with Crippen LogP contribution < -0.4 is 16.0 Å². The summed E-state index contributed by atoms with van der Waals surface area (Å²) in [7, 11) is 0. The van der Waals surface area contributed by atoms with Crippen LogP contribution in [0, 0.1) is 0 Å². The Morgan fingerprint density at radius 1 is 0.875 bits per heavy atom. The van der Waals surface area contributed by atoms with Gasteiger partial charge in [0.1, 0.15) is 6.04 Å². The second kappa shape index (κ2) is 7.78. The molecule has 2 fully saturated rings. The lowest BCUT2D eigenvalue weighted by atomic mass is 9.89. The van der Waals surface area contributed by atoms with Crippen molar-refractivity contribution in [1.82, 2.24) is 10.2 Å². The normalized spacial score (nSPS) is 21.7. The molecule has 2 saturated heterocycles. The number of benzene rings is 2. The molecule has 2 aromatic rings. The number of nitrogens with one attached hydrogen (secondary N) is 1. The predicted octanol–water partition coefficient (Wildman–Crippen LogP) is 2.05. The highest BCUT2D eigenvalue weighted by atomic mass is 16.2. The number of piperidine rings is 2. The molecule has 5 rings (SSSR count). The van der Waals surface area contributed by atoms with Crippen LogP contribution in [-0.2, 0) is 9.59 Å². The maximum Gasteiger partial charge on any atom is 0.262 e. The van der Waals surface area contributed by atoms with Crippen molar-refractivity contribution in [2.75, 3.05) is 23.7 Å². The van der Waals surface area contributed by atoms with E-state index in [4.69, 9.17) is 5.73 Å². The molecule has 3 N–H and O–H groups in total. The molecule has 0 spiro atoms. The van der Waals surface area contributed by atoms with Gasteiger partial charge in [-0.3, -0.25) is 29.4 Å².